The van der Waals surface area contributed by atoms with Crippen molar-refractivity contribution in [1.82, 2.24) is 0 Å². The van der Waals surface area contributed by atoms with Crippen molar-refractivity contribution in [3.8, 4) is 0 Å². The molecular formula is C75H146O17P2. The van der Waals surface area contributed by atoms with Crippen molar-refractivity contribution in [2.45, 2.75) is 401 Å². The first kappa shape index (κ1) is 92.1. The van der Waals surface area contributed by atoms with Crippen LogP contribution in [0.3, 0.4) is 0 Å². The summed E-state index contributed by atoms with van der Waals surface area (Å²) in [6, 6.07) is 0. The molecule has 0 spiro atoms. The van der Waals surface area contributed by atoms with E-state index in [1.165, 1.54) is 186 Å². The van der Waals surface area contributed by atoms with E-state index in [0.29, 0.717) is 31.6 Å². The van der Waals surface area contributed by atoms with Crippen molar-refractivity contribution in [2.75, 3.05) is 39.6 Å². The zero-order chi connectivity index (χ0) is 69.4. The molecule has 2 unspecified atom stereocenters. The fourth-order valence-corrected chi connectivity index (χ4v) is 13.0. The van der Waals surface area contributed by atoms with Crippen LogP contribution in [0.4, 0.5) is 0 Å². The molecule has 0 radical (unpaired) electrons. The molecule has 0 aromatic rings. The Morgan fingerprint density at radius 1 is 0.287 bits per heavy atom. The minimum atomic E-state index is -4.96. The number of carbonyl (C=O) groups excluding carboxylic acids is 4. The van der Waals surface area contributed by atoms with Crippen molar-refractivity contribution in [3.63, 3.8) is 0 Å². The smallest absolute Gasteiger partial charge is 0.462 e. The van der Waals surface area contributed by atoms with Gasteiger partial charge in [0, 0.05) is 25.7 Å². The molecule has 0 aromatic heterocycles. The lowest BCUT2D eigenvalue weighted by atomic mass is 10.0. The first-order valence-corrected chi connectivity index (χ1v) is 41.8. The van der Waals surface area contributed by atoms with Gasteiger partial charge in [-0.2, -0.15) is 0 Å². The summed E-state index contributed by atoms with van der Waals surface area (Å²) in [4.78, 5) is 72.7. The van der Waals surface area contributed by atoms with Crippen molar-refractivity contribution in [3.05, 3.63) is 0 Å². The number of rotatable bonds is 73. The van der Waals surface area contributed by atoms with E-state index in [4.69, 9.17) is 37.0 Å². The van der Waals surface area contributed by atoms with Gasteiger partial charge < -0.3 is 33.8 Å². The van der Waals surface area contributed by atoms with Crippen LogP contribution in [-0.4, -0.2) is 96.7 Å². The Kier molecular flexibility index (Phi) is 64.3. The fraction of sp³-hybridized carbons (Fsp3) is 0.947. The molecule has 19 heteroatoms. The molecule has 0 aliphatic heterocycles. The topological polar surface area (TPSA) is 237 Å². The average molecular weight is 1380 g/mol. The lowest BCUT2D eigenvalue weighted by Gasteiger charge is -2.21. The van der Waals surface area contributed by atoms with Crippen LogP contribution in [0.25, 0.3) is 0 Å². The number of carbonyl (C=O) groups is 4. The summed E-state index contributed by atoms with van der Waals surface area (Å²) >= 11 is 0. The summed E-state index contributed by atoms with van der Waals surface area (Å²) in [5, 5.41) is 10.6. The number of hydrogen-bond acceptors (Lipinski definition) is 15. The molecule has 0 rings (SSSR count). The number of aliphatic hydroxyl groups is 1. The zero-order valence-electron chi connectivity index (χ0n) is 61.4. The van der Waals surface area contributed by atoms with Crippen LogP contribution < -0.4 is 0 Å². The monoisotopic (exact) mass is 1380 g/mol. The predicted octanol–water partition coefficient (Wildman–Crippen LogP) is 21.8. The second kappa shape index (κ2) is 65.7. The quantitative estimate of drug-likeness (QED) is 0.0222. The number of phosphoric acid groups is 2. The highest BCUT2D eigenvalue weighted by molar-refractivity contribution is 7.47. The van der Waals surface area contributed by atoms with Gasteiger partial charge in [0.1, 0.15) is 19.3 Å². The SMILES string of the molecule is CCCCCCCCCCCCCCCCCCCCCCC(=O)O[C@H](COC(=O)CCCCCCCCCCCCCC(C)C)COP(=O)(O)OC[C@@H](O)COP(=O)(O)OC[C@@H](COC(=O)CCCCCCCCC(C)C)OC(=O)CCCCCCCCCCC(C)C. The number of hydrogen-bond donors (Lipinski definition) is 3. The highest BCUT2D eigenvalue weighted by Crippen LogP contribution is 2.45. The van der Waals surface area contributed by atoms with Gasteiger partial charge in [-0.15, -0.1) is 0 Å². The van der Waals surface area contributed by atoms with Crippen LogP contribution in [0.2, 0.25) is 0 Å². The highest BCUT2D eigenvalue weighted by atomic mass is 31.2. The molecule has 0 saturated heterocycles. The Morgan fingerprint density at radius 2 is 0.489 bits per heavy atom. The lowest BCUT2D eigenvalue weighted by molar-refractivity contribution is -0.161. The zero-order valence-corrected chi connectivity index (χ0v) is 63.2. The molecule has 94 heavy (non-hydrogen) atoms. The van der Waals surface area contributed by atoms with Crippen LogP contribution in [-0.2, 0) is 65.4 Å². The van der Waals surface area contributed by atoms with Gasteiger partial charge in [-0.1, -0.05) is 331 Å². The summed E-state index contributed by atoms with van der Waals surface area (Å²) in [5.74, 6) is 0.0446. The van der Waals surface area contributed by atoms with E-state index in [1.807, 2.05) is 0 Å². The van der Waals surface area contributed by atoms with E-state index >= 15 is 0 Å². The van der Waals surface area contributed by atoms with E-state index in [-0.39, 0.29) is 25.7 Å². The summed E-state index contributed by atoms with van der Waals surface area (Å²) in [7, 11) is -9.91. The number of aliphatic hydroxyl groups excluding tert-OH is 1. The molecule has 0 amide bonds. The second-order valence-electron chi connectivity index (χ2n) is 28.5. The van der Waals surface area contributed by atoms with Crippen molar-refractivity contribution in [2.24, 2.45) is 17.8 Å². The largest absolute Gasteiger partial charge is 0.472 e. The highest BCUT2D eigenvalue weighted by Gasteiger charge is 2.30. The van der Waals surface area contributed by atoms with Gasteiger partial charge in [0.2, 0.25) is 0 Å². The Balaban J connectivity index is 5.20. The van der Waals surface area contributed by atoms with Gasteiger partial charge in [-0.05, 0) is 43.4 Å². The fourth-order valence-electron chi connectivity index (χ4n) is 11.4. The Morgan fingerprint density at radius 3 is 0.723 bits per heavy atom. The average Bonchev–Trinajstić information content (AvgIpc) is 1.22. The third kappa shape index (κ3) is 68.6. The van der Waals surface area contributed by atoms with Crippen LogP contribution in [0, 0.1) is 17.8 Å². The normalized spacial score (nSPS) is 14.1. The van der Waals surface area contributed by atoms with Gasteiger partial charge in [-0.3, -0.25) is 37.3 Å². The summed E-state index contributed by atoms with van der Waals surface area (Å²) in [6.45, 7) is 11.8. The number of phosphoric ester groups is 2. The first-order valence-electron chi connectivity index (χ1n) is 38.8. The first-order chi connectivity index (χ1) is 45.2. The van der Waals surface area contributed by atoms with Gasteiger partial charge >= 0.3 is 39.5 Å². The molecule has 0 heterocycles. The van der Waals surface area contributed by atoms with Crippen LogP contribution >= 0.6 is 15.6 Å². The van der Waals surface area contributed by atoms with E-state index < -0.39 is 97.5 Å². The maximum Gasteiger partial charge on any atom is 0.472 e. The van der Waals surface area contributed by atoms with E-state index in [9.17, 15) is 43.2 Å². The molecule has 0 aliphatic carbocycles. The maximum atomic E-state index is 13.1. The van der Waals surface area contributed by atoms with E-state index in [0.717, 1.165) is 108 Å². The van der Waals surface area contributed by atoms with Crippen molar-refractivity contribution >= 4 is 39.5 Å². The standard InChI is InChI=1S/C75H146O17P2/c1-8-9-10-11-12-13-14-15-16-17-18-19-20-21-22-25-29-35-44-51-58-74(79)91-70(62-85-72(77)56-49-42-34-28-26-23-24-27-32-39-46-53-66(2)3)64-89-93(81,82)87-60-69(76)61-88-94(83,84)90-65-71(63-86-73(78)57-50-43-38-37-41-48-55-68(6)7)92-75(80)59-52-45-36-31-30-33-40-47-54-67(4)5/h66-71,76H,8-65H2,1-7H3,(H,81,82)(H,83,84)/t69-,70-,71-/m1/s1. The molecule has 3 N–H and O–H groups in total. The van der Waals surface area contributed by atoms with Gasteiger partial charge in [0.15, 0.2) is 12.2 Å². The van der Waals surface area contributed by atoms with Gasteiger partial charge in [0.25, 0.3) is 0 Å². The summed E-state index contributed by atoms with van der Waals surface area (Å²) < 4.78 is 68.4. The van der Waals surface area contributed by atoms with Crippen LogP contribution in [0.15, 0.2) is 0 Å². The third-order valence-electron chi connectivity index (χ3n) is 17.4. The van der Waals surface area contributed by atoms with Gasteiger partial charge in [-0.25, -0.2) is 9.13 Å². The Hall–Kier alpha value is -1.94. The Labute approximate surface area is 575 Å². The number of esters is 4. The predicted molar refractivity (Wildman–Crippen MR) is 381 cm³/mol. The van der Waals surface area contributed by atoms with Gasteiger partial charge in [0.05, 0.1) is 26.4 Å². The molecular weight excluding hydrogens is 1230 g/mol. The third-order valence-corrected chi connectivity index (χ3v) is 19.3. The molecule has 558 valence electrons. The van der Waals surface area contributed by atoms with Crippen LogP contribution in [0.1, 0.15) is 382 Å². The molecule has 0 aliphatic rings. The number of unbranched alkanes of at least 4 members (excludes halogenated alkanes) is 41. The lowest BCUT2D eigenvalue weighted by Crippen LogP contribution is -2.30. The Bertz CT molecular complexity index is 1840. The van der Waals surface area contributed by atoms with E-state index in [2.05, 4.69) is 48.5 Å². The molecule has 0 fully saturated rings. The minimum absolute atomic E-state index is 0.103. The molecule has 5 atom stereocenters. The minimum Gasteiger partial charge on any atom is -0.462 e. The summed E-state index contributed by atoms with van der Waals surface area (Å²) in [5.41, 5.74) is 0. The number of ether oxygens (including phenoxy) is 4. The second-order valence-corrected chi connectivity index (χ2v) is 31.4. The molecule has 0 aromatic carbocycles. The van der Waals surface area contributed by atoms with Crippen molar-refractivity contribution < 1.29 is 80.2 Å². The maximum absolute atomic E-state index is 13.1. The summed E-state index contributed by atoms with van der Waals surface area (Å²) in [6.07, 6.45) is 51.7. The van der Waals surface area contributed by atoms with Crippen molar-refractivity contribution in [1.29, 1.82) is 0 Å². The molecule has 0 saturated carbocycles. The van der Waals surface area contributed by atoms with E-state index in [1.54, 1.807) is 0 Å². The van der Waals surface area contributed by atoms with Crippen LogP contribution in [0.5, 0.6) is 0 Å². The molecule has 0 bridgehead atoms. The molecule has 17 nitrogen and oxygen atoms in total.